The lowest BCUT2D eigenvalue weighted by molar-refractivity contribution is -0.657. The van der Waals surface area contributed by atoms with Crippen LogP contribution in [0.25, 0.3) is 16.3 Å². The average molecular weight is 912 g/mol. The van der Waals surface area contributed by atoms with Gasteiger partial charge in [-0.1, -0.05) is 71.6 Å². The van der Waals surface area contributed by atoms with E-state index in [-0.39, 0.29) is 49.0 Å². The Morgan fingerprint density at radius 2 is 1.20 bits per heavy atom. The number of carbonyl (C=O) groups is 3. The molecule has 14 heteroatoms. The number of hydrogen-bond acceptors (Lipinski definition) is 13. The zero-order valence-electron chi connectivity index (χ0n) is 35.6. The third-order valence-electron chi connectivity index (χ3n) is 11.5. The van der Waals surface area contributed by atoms with Crippen molar-refractivity contribution in [2.24, 2.45) is 0 Å². The van der Waals surface area contributed by atoms with E-state index in [1.807, 2.05) is 143 Å². The van der Waals surface area contributed by atoms with Gasteiger partial charge in [-0.3, -0.25) is 9.59 Å². The molecule has 11 rings (SSSR count). The van der Waals surface area contributed by atoms with E-state index in [0.717, 1.165) is 54.9 Å². The minimum absolute atomic E-state index is 0.103. The molecule has 3 aliphatic heterocycles. The van der Waals surface area contributed by atoms with Crippen molar-refractivity contribution < 1.29 is 43.0 Å². The highest BCUT2D eigenvalue weighted by molar-refractivity contribution is 8.03. The molecule has 0 spiro atoms. The maximum atomic E-state index is 14.1. The number of benzene rings is 6. The number of aliphatic hydroxyl groups is 1. The molecule has 0 unspecified atom stereocenters. The number of esters is 2. The van der Waals surface area contributed by atoms with Gasteiger partial charge in [0.25, 0.3) is 5.01 Å². The molecule has 0 atom stereocenters. The molecule has 0 amide bonds. The van der Waals surface area contributed by atoms with E-state index in [2.05, 4.69) is 9.80 Å². The van der Waals surface area contributed by atoms with Crippen LogP contribution in [0.4, 0.5) is 39.8 Å². The van der Waals surface area contributed by atoms with Crippen molar-refractivity contribution in [3.63, 3.8) is 0 Å². The molecule has 66 heavy (non-hydrogen) atoms. The number of allylic oxidation sites excluding steroid dienone is 3. The first-order valence-electron chi connectivity index (χ1n) is 21.4. The summed E-state index contributed by atoms with van der Waals surface area (Å²) in [6.45, 7) is 3.68. The molecule has 0 saturated heterocycles. The number of carbonyl (C=O) groups excluding carboxylic acids is 3. The monoisotopic (exact) mass is 911 g/mol. The minimum Gasteiger partial charge on any atom is -0.506 e. The summed E-state index contributed by atoms with van der Waals surface area (Å²) in [5, 5.41) is 12.8. The van der Waals surface area contributed by atoms with E-state index in [9.17, 15) is 19.5 Å². The summed E-state index contributed by atoms with van der Waals surface area (Å²) in [4.78, 5) is 47.4. The Kier molecular flexibility index (Phi) is 10.3. The number of thioether (sulfide) groups is 1. The van der Waals surface area contributed by atoms with Gasteiger partial charge in [0.2, 0.25) is 17.8 Å². The van der Waals surface area contributed by atoms with E-state index in [1.165, 1.54) is 23.1 Å². The first kappa shape index (κ1) is 40.9. The van der Waals surface area contributed by atoms with Crippen molar-refractivity contribution in [1.82, 2.24) is 0 Å². The summed E-state index contributed by atoms with van der Waals surface area (Å²) in [5.74, 6) is 1.39. The lowest BCUT2D eigenvalue weighted by Gasteiger charge is -2.33. The maximum absolute atomic E-state index is 14.1. The van der Waals surface area contributed by atoms with Gasteiger partial charge in [-0.2, -0.15) is 4.57 Å². The molecule has 0 bridgehead atoms. The molecule has 1 aromatic heterocycles. The second-order valence-corrected chi connectivity index (χ2v) is 17.6. The molecular weight excluding hydrogens is 873 g/mol. The smallest absolute Gasteiger partial charge is 0.372 e. The molecule has 4 aliphatic rings. The Balaban J connectivity index is 0.959. The molecule has 326 valence electrons. The fraction of sp³-hybridized carbons (Fsp3) is 0.115. The van der Waals surface area contributed by atoms with Crippen molar-refractivity contribution in [1.29, 1.82) is 0 Å². The van der Waals surface area contributed by atoms with Gasteiger partial charge in [0, 0.05) is 22.7 Å². The minimum atomic E-state index is -0.441. The molecule has 7 aromatic rings. The summed E-state index contributed by atoms with van der Waals surface area (Å²) >= 11 is 2.79. The Morgan fingerprint density at radius 1 is 0.667 bits per heavy atom. The molecule has 0 fully saturated rings. The summed E-state index contributed by atoms with van der Waals surface area (Å²) in [7, 11) is 0. The molecule has 0 radical (unpaired) electrons. The van der Waals surface area contributed by atoms with Crippen molar-refractivity contribution in [2.45, 2.75) is 25.3 Å². The fourth-order valence-electron chi connectivity index (χ4n) is 8.59. The Hall–Kier alpha value is -7.81. The number of aliphatic hydroxyl groups excluding tert-OH is 1. The second-order valence-electron chi connectivity index (χ2n) is 15.5. The van der Waals surface area contributed by atoms with Gasteiger partial charge < -0.3 is 38.8 Å². The van der Waals surface area contributed by atoms with Crippen LogP contribution in [0.2, 0.25) is 0 Å². The van der Waals surface area contributed by atoms with Crippen LogP contribution in [0.5, 0.6) is 23.0 Å². The number of Topliss-reactive ketones (excluding diaryl/α,β-unsaturated/α-hetero) is 1. The zero-order chi connectivity index (χ0) is 45.1. The Labute approximate surface area is 387 Å². The standard InChI is InChI=1S/C52H38N4O8S2/c1-3-61-49(57)29-53-39-25-31(55-35-13-5-9-17-41(35)63-42-18-10-6-14-36(42)55)21-23-45(39)65-47(53)27-33-51(59)34(52(33)60)28-48-54(30-50(58)62-4-2)40-26-32(22-24-46(40)66-48)56-37-15-7-11-19-43(37)64-44-20-12-8-16-38(44)56/h5-28H,3-4,29-30H2,1-2H3/p+1. The predicted molar refractivity (Wildman–Crippen MR) is 255 cm³/mol. The van der Waals surface area contributed by atoms with Crippen molar-refractivity contribution in [3.8, 4) is 23.0 Å². The van der Waals surface area contributed by atoms with Crippen molar-refractivity contribution in [2.75, 3.05) is 34.5 Å². The van der Waals surface area contributed by atoms with E-state index >= 15 is 0 Å². The highest BCUT2D eigenvalue weighted by atomic mass is 32.2. The van der Waals surface area contributed by atoms with Crippen LogP contribution >= 0.6 is 23.1 Å². The number of thiazole rings is 1. The topological polar surface area (TPSA) is 122 Å². The van der Waals surface area contributed by atoms with Crippen LogP contribution in [0.15, 0.2) is 166 Å². The highest BCUT2D eigenvalue weighted by Gasteiger charge is 2.38. The number of ketones is 1. The van der Waals surface area contributed by atoms with Gasteiger partial charge in [-0.25, -0.2) is 4.79 Å². The highest BCUT2D eigenvalue weighted by Crippen LogP contribution is 2.54. The van der Waals surface area contributed by atoms with Crippen molar-refractivity contribution in [3.05, 3.63) is 166 Å². The number of nitrogens with zero attached hydrogens (tertiary/aromatic N) is 4. The third kappa shape index (κ3) is 7.02. The molecular formula is C52H39N4O8S2+. The van der Waals surface area contributed by atoms with Gasteiger partial charge in [-0.05, 0) is 98.8 Å². The lowest BCUT2D eigenvalue weighted by Crippen LogP contribution is -2.40. The van der Waals surface area contributed by atoms with Crippen molar-refractivity contribution >= 4 is 96.9 Å². The van der Waals surface area contributed by atoms with E-state index in [1.54, 1.807) is 26.0 Å². The number of para-hydroxylation sites is 8. The fourth-order valence-corrected chi connectivity index (χ4v) is 10.8. The van der Waals surface area contributed by atoms with Crippen LogP contribution in [-0.4, -0.2) is 42.6 Å². The normalized spacial score (nSPS) is 15.7. The molecule has 4 heterocycles. The Morgan fingerprint density at radius 3 is 1.76 bits per heavy atom. The largest absolute Gasteiger partial charge is 0.506 e. The van der Waals surface area contributed by atoms with Gasteiger partial charge in [0.1, 0.15) is 17.0 Å². The summed E-state index contributed by atoms with van der Waals surface area (Å²) in [6.07, 6.45) is 3.25. The van der Waals surface area contributed by atoms with Crippen LogP contribution < -0.4 is 28.7 Å². The Bertz CT molecular complexity index is 3190. The SMILES string of the molecule is CCOC(=O)CN1/C(=C/C2=C(O)C(=C/c3sc4ccc(N5c6ccccc6Oc6ccccc65)cc4[n+]3CC(=O)OCC)/C2=O)Sc2ccc(N3c4ccccc4Oc4ccccc43)cc21. The second kappa shape index (κ2) is 16.6. The van der Waals surface area contributed by atoms with Gasteiger partial charge in [-0.15, -0.1) is 0 Å². The summed E-state index contributed by atoms with van der Waals surface area (Å²) in [6, 6.07) is 43.3. The number of hydrogen-bond donors (Lipinski definition) is 1. The molecule has 0 saturated carbocycles. The van der Waals surface area contributed by atoms with Gasteiger partial charge in [0.05, 0.1) is 63.5 Å². The maximum Gasteiger partial charge on any atom is 0.372 e. The van der Waals surface area contributed by atoms with Crippen LogP contribution in [0.3, 0.4) is 0 Å². The van der Waals surface area contributed by atoms with Crippen LogP contribution in [0.1, 0.15) is 18.9 Å². The summed E-state index contributed by atoms with van der Waals surface area (Å²) in [5.41, 5.74) is 6.82. The lowest BCUT2D eigenvalue weighted by atomic mass is 9.88. The molecule has 1 aliphatic carbocycles. The molecule has 12 nitrogen and oxygen atoms in total. The summed E-state index contributed by atoms with van der Waals surface area (Å²) < 4.78 is 26.0. The predicted octanol–water partition coefficient (Wildman–Crippen LogP) is 11.7. The molecule has 1 N–H and O–H groups in total. The quantitative estimate of drug-likeness (QED) is 0.0798. The number of ether oxygens (including phenoxy) is 4. The van der Waals surface area contributed by atoms with Gasteiger partial charge in [0.15, 0.2) is 23.0 Å². The number of aromatic nitrogens is 1. The van der Waals surface area contributed by atoms with E-state index < -0.39 is 11.9 Å². The van der Waals surface area contributed by atoms with Gasteiger partial charge >= 0.3 is 11.9 Å². The number of anilines is 7. The molecule has 6 aromatic carbocycles. The van der Waals surface area contributed by atoms with E-state index in [0.29, 0.717) is 33.0 Å². The van der Waals surface area contributed by atoms with Crippen LogP contribution in [-0.2, 0) is 30.4 Å². The number of rotatable bonds is 10. The zero-order valence-corrected chi connectivity index (χ0v) is 37.2. The number of fused-ring (bicyclic) bond motifs is 6. The van der Waals surface area contributed by atoms with Crippen LogP contribution in [0, 0.1) is 0 Å². The first-order valence-corrected chi connectivity index (χ1v) is 23.0. The first-order chi connectivity index (χ1) is 32.3. The van der Waals surface area contributed by atoms with E-state index in [4.69, 9.17) is 18.9 Å². The third-order valence-corrected chi connectivity index (χ3v) is 13.8. The average Bonchev–Trinajstić information content (AvgIpc) is 3.85.